The van der Waals surface area contributed by atoms with Crippen LogP contribution in [0.25, 0.3) is 0 Å². The second kappa shape index (κ2) is 11.8. The maximum atomic E-state index is 13.6. The molecule has 4 rings (SSSR count). The van der Waals surface area contributed by atoms with Crippen molar-refractivity contribution in [2.75, 3.05) is 6.54 Å². The van der Waals surface area contributed by atoms with Gasteiger partial charge in [-0.3, -0.25) is 24.1 Å². The Labute approximate surface area is 214 Å². The number of fused-ring (bicyclic) bond motifs is 1. The van der Waals surface area contributed by atoms with Crippen molar-refractivity contribution in [2.24, 2.45) is 11.8 Å². The largest absolute Gasteiger partial charge is 0.352 e. The van der Waals surface area contributed by atoms with Gasteiger partial charge >= 0.3 is 0 Å². The Kier molecular flexibility index (Phi) is 8.60. The number of carbonyl (C=O) groups excluding carboxylic acids is 4. The molecule has 1 aromatic rings. The molecule has 2 fully saturated rings. The number of allylic oxidation sites excluding steroid dienone is 2. The number of benzene rings is 1. The van der Waals surface area contributed by atoms with Crippen LogP contribution >= 0.6 is 0 Å². The molecule has 7 nitrogen and oxygen atoms in total. The summed E-state index contributed by atoms with van der Waals surface area (Å²) in [6, 6.07) is 7.43. The molecule has 7 heteroatoms. The Bertz CT molecular complexity index is 988. The van der Waals surface area contributed by atoms with Gasteiger partial charge in [0.2, 0.25) is 23.6 Å². The summed E-state index contributed by atoms with van der Waals surface area (Å²) in [6.45, 7) is 4.31. The summed E-state index contributed by atoms with van der Waals surface area (Å²) in [6.07, 6.45) is 11.0. The second-order valence-corrected chi connectivity index (χ2v) is 10.4. The molecule has 4 amide bonds. The van der Waals surface area contributed by atoms with Gasteiger partial charge in [-0.15, -0.1) is 0 Å². The minimum atomic E-state index is -0.601. The number of rotatable bonds is 9. The van der Waals surface area contributed by atoms with E-state index in [1.165, 1.54) is 11.3 Å². The van der Waals surface area contributed by atoms with Crippen LogP contribution < -0.4 is 5.32 Å². The molecule has 0 spiro atoms. The van der Waals surface area contributed by atoms with Crippen LogP contribution in [0.4, 0.5) is 0 Å². The predicted octanol–water partition coefficient (Wildman–Crippen LogP) is 3.89. The molecule has 3 aliphatic rings. The topological polar surface area (TPSA) is 86.8 Å². The van der Waals surface area contributed by atoms with Gasteiger partial charge in [0.1, 0.15) is 6.04 Å². The monoisotopic (exact) mass is 493 g/mol. The van der Waals surface area contributed by atoms with Crippen LogP contribution in [0.1, 0.15) is 75.8 Å². The number of amides is 4. The molecule has 1 unspecified atom stereocenters. The minimum absolute atomic E-state index is 0.0173. The number of carbonyl (C=O) groups is 4. The van der Waals surface area contributed by atoms with E-state index in [-0.39, 0.29) is 54.5 Å². The molecular weight excluding hydrogens is 454 g/mol. The minimum Gasteiger partial charge on any atom is -0.352 e. The maximum absolute atomic E-state index is 13.6. The Morgan fingerprint density at radius 2 is 1.67 bits per heavy atom. The number of hydrogen-bond donors (Lipinski definition) is 1. The van der Waals surface area contributed by atoms with E-state index in [2.05, 4.69) is 5.32 Å². The maximum Gasteiger partial charge on any atom is 0.243 e. The Morgan fingerprint density at radius 1 is 1.03 bits per heavy atom. The molecule has 0 aromatic heterocycles. The van der Waals surface area contributed by atoms with Crippen molar-refractivity contribution < 1.29 is 19.2 Å². The van der Waals surface area contributed by atoms with Crippen LogP contribution in [-0.4, -0.2) is 52.1 Å². The zero-order chi connectivity index (χ0) is 25.7. The highest BCUT2D eigenvalue weighted by atomic mass is 16.2. The molecule has 0 radical (unpaired) electrons. The van der Waals surface area contributed by atoms with Crippen molar-refractivity contribution in [1.82, 2.24) is 15.1 Å². The molecule has 1 saturated carbocycles. The summed E-state index contributed by atoms with van der Waals surface area (Å²) in [4.78, 5) is 55.7. The molecule has 1 saturated heterocycles. The van der Waals surface area contributed by atoms with Gasteiger partial charge in [0, 0.05) is 25.6 Å². The van der Waals surface area contributed by atoms with Crippen molar-refractivity contribution in [3.05, 3.63) is 47.5 Å². The van der Waals surface area contributed by atoms with Crippen LogP contribution in [0.3, 0.4) is 0 Å². The molecule has 36 heavy (non-hydrogen) atoms. The molecule has 1 heterocycles. The first-order valence-electron chi connectivity index (χ1n) is 13.5. The van der Waals surface area contributed by atoms with E-state index in [1.807, 2.05) is 50.3 Å². The van der Waals surface area contributed by atoms with Crippen molar-refractivity contribution in [3.8, 4) is 0 Å². The first kappa shape index (κ1) is 26.1. The molecule has 1 aliphatic heterocycles. The SMILES string of the molecule is CCC(C(=O)NC1CCCCC1)N(Cc1ccccc1C)C(=O)CCN1C(=O)[C@H]2CC=CC[C@H]2C1=O. The third-order valence-corrected chi connectivity index (χ3v) is 8.09. The highest BCUT2D eigenvalue weighted by Crippen LogP contribution is 2.35. The lowest BCUT2D eigenvalue weighted by Crippen LogP contribution is -2.52. The van der Waals surface area contributed by atoms with Gasteiger partial charge in [0.15, 0.2) is 0 Å². The van der Waals surface area contributed by atoms with E-state index in [1.54, 1.807) is 4.90 Å². The molecule has 1 N–H and O–H groups in total. The van der Waals surface area contributed by atoms with E-state index < -0.39 is 6.04 Å². The molecule has 3 atom stereocenters. The van der Waals surface area contributed by atoms with Gasteiger partial charge in [-0.25, -0.2) is 0 Å². The van der Waals surface area contributed by atoms with Crippen LogP contribution in [0.5, 0.6) is 0 Å². The third-order valence-electron chi connectivity index (χ3n) is 8.09. The van der Waals surface area contributed by atoms with Gasteiger partial charge in [-0.05, 0) is 50.2 Å². The smallest absolute Gasteiger partial charge is 0.243 e. The summed E-state index contributed by atoms with van der Waals surface area (Å²) in [5.74, 6) is -1.27. The number of hydrogen-bond acceptors (Lipinski definition) is 4. The number of aryl methyl sites for hydroxylation is 1. The van der Waals surface area contributed by atoms with Crippen LogP contribution in [0.2, 0.25) is 0 Å². The first-order valence-corrected chi connectivity index (χ1v) is 13.5. The van der Waals surface area contributed by atoms with Crippen molar-refractivity contribution in [1.29, 1.82) is 0 Å². The molecule has 2 aliphatic carbocycles. The quantitative estimate of drug-likeness (QED) is 0.418. The summed E-state index contributed by atoms with van der Waals surface area (Å²) >= 11 is 0. The van der Waals surface area contributed by atoms with Crippen LogP contribution in [0.15, 0.2) is 36.4 Å². The Balaban J connectivity index is 1.48. The first-order chi connectivity index (χ1) is 17.4. The Morgan fingerprint density at radius 3 is 2.28 bits per heavy atom. The van der Waals surface area contributed by atoms with E-state index in [0.717, 1.165) is 36.8 Å². The molecule has 1 aromatic carbocycles. The van der Waals surface area contributed by atoms with Crippen molar-refractivity contribution in [3.63, 3.8) is 0 Å². The lowest BCUT2D eigenvalue weighted by atomic mass is 9.85. The number of nitrogens with one attached hydrogen (secondary N) is 1. The van der Waals surface area contributed by atoms with Gasteiger partial charge in [-0.2, -0.15) is 0 Å². The highest BCUT2D eigenvalue weighted by molar-refractivity contribution is 6.05. The second-order valence-electron chi connectivity index (χ2n) is 10.4. The summed E-state index contributed by atoms with van der Waals surface area (Å²) < 4.78 is 0. The van der Waals surface area contributed by atoms with Gasteiger partial charge < -0.3 is 10.2 Å². The van der Waals surface area contributed by atoms with E-state index >= 15 is 0 Å². The average molecular weight is 494 g/mol. The third kappa shape index (κ3) is 5.71. The fraction of sp³-hybridized carbons (Fsp3) is 0.586. The zero-order valence-corrected chi connectivity index (χ0v) is 21.6. The van der Waals surface area contributed by atoms with E-state index in [9.17, 15) is 19.2 Å². The highest BCUT2D eigenvalue weighted by Gasteiger charge is 2.47. The van der Waals surface area contributed by atoms with Gasteiger partial charge in [-0.1, -0.05) is 62.6 Å². The fourth-order valence-corrected chi connectivity index (χ4v) is 5.88. The van der Waals surface area contributed by atoms with E-state index in [4.69, 9.17) is 0 Å². The molecular formula is C29H39N3O4. The number of nitrogens with zero attached hydrogens (tertiary/aromatic N) is 2. The Hall–Kier alpha value is -2.96. The number of likely N-dealkylation sites (tertiary alicyclic amines) is 1. The van der Waals surface area contributed by atoms with Gasteiger partial charge in [0.05, 0.1) is 11.8 Å². The lowest BCUT2D eigenvalue weighted by molar-refractivity contribution is -0.144. The standard InChI is InChI=1S/C29H39N3O4/c1-3-25(27(34)30-22-13-5-4-6-14-22)32(19-21-12-8-7-11-20(21)2)26(33)17-18-31-28(35)23-15-9-10-16-24(23)29(31)36/h7-12,22-25H,3-6,13-19H2,1-2H3,(H,30,34)/t23-,24+,25?. The average Bonchev–Trinajstić information content (AvgIpc) is 3.13. The predicted molar refractivity (Wildman–Crippen MR) is 138 cm³/mol. The lowest BCUT2D eigenvalue weighted by Gasteiger charge is -2.33. The normalized spacial score (nSPS) is 22.9. The fourth-order valence-electron chi connectivity index (χ4n) is 5.88. The van der Waals surface area contributed by atoms with E-state index in [0.29, 0.717) is 25.8 Å². The summed E-state index contributed by atoms with van der Waals surface area (Å²) in [7, 11) is 0. The van der Waals surface area contributed by atoms with Crippen molar-refractivity contribution in [2.45, 2.75) is 90.3 Å². The zero-order valence-electron chi connectivity index (χ0n) is 21.6. The number of imide groups is 1. The van der Waals surface area contributed by atoms with Crippen molar-refractivity contribution >= 4 is 23.6 Å². The summed E-state index contributed by atoms with van der Waals surface area (Å²) in [5.41, 5.74) is 2.04. The van der Waals surface area contributed by atoms with Crippen LogP contribution in [-0.2, 0) is 25.7 Å². The van der Waals surface area contributed by atoms with Crippen LogP contribution in [0, 0.1) is 18.8 Å². The molecule has 0 bridgehead atoms. The summed E-state index contributed by atoms with van der Waals surface area (Å²) in [5, 5.41) is 3.19. The van der Waals surface area contributed by atoms with Gasteiger partial charge in [0.25, 0.3) is 0 Å². The molecule has 194 valence electrons.